The van der Waals surface area contributed by atoms with E-state index in [2.05, 4.69) is 340 Å². The van der Waals surface area contributed by atoms with Crippen LogP contribution in [0.2, 0.25) is 0 Å². The Morgan fingerprint density at radius 3 is 1.58 bits per heavy atom. The monoisotopic (exact) mass is 1150 g/mol. The van der Waals surface area contributed by atoms with Gasteiger partial charge in [-0.1, -0.05) is 320 Å². The summed E-state index contributed by atoms with van der Waals surface area (Å²) in [5.74, 6) is 1.28. The molecule has 1 aliphatic carbocycles. The average Bonchev–Trinajstić information content (AvgIpc) is 1.69. The minimum Gasteiger partial charge on any atom is -0.324 e. The third-order valence-corrected chi connectivity index (χ3v) is 17.8. The maximum absolute atomic E-state index is 6.68. The highest BCUT2D eigenvalue weighted by Crippen LogP contribution is 2.57. The highest BCUT2D eigenvalue weighted by Gasteiger charge is 2.46. The minimum atomic E-state index is -0.333. The standard InChI is InChI=1S/C35H30.C23H24N2.C13H12.C13H20.C2H4/c1-3-14-26-15-10-11-20-29(26)31-24-32-30-21-12-13-22-33(30)35(34(32)23-25(31)2,27-16-6-4-7-17-27)28-18-8-5-9-19-28;1-3-16(2)23(24)25-20-14-8-7-12-19(20)22-18(13-9-15-21(22)25)17-10-5-4-6-11-17;1-11-7-9-13(10-8-11)12-5-3-2-4-6-12;1-4-11(2)8-9-13-7-5-6-12(3)10-13;1-2/h4-13,15-24H,3,14H2,1-2H3;4-16,23H,3,24H2,1-2H3;2-10H,1H3;5-7,10-11H,4,8-9H2,1-3H3;1-2H2. The molecule has 444 valence electrons. The Balaban J connectivity index is 0.000000151. The van der Waals surface area contributed by atoms with Crippen molar-refractivity contribution in [3.05, 3.63) is 336 Å². The van der Waals surface area contributed by atoms with E-state index in [0.29, 0.717) is 5.92 Å². The number of fused-ring (bicyclic) bond motifs is 6. The summed E-state index contributed by atoms with van der Waals surface area (Å²) in [7, 11) is 0. The molecule has 0 spiro atoms. The van der Waals surface area contributed by atoms with E-state index in [1.807, 2.05) is 6.07 Å². The molecule has 0 saturated heterocycles. The summed E-state index contributed by atoms with van der Waals surface area (Å²) < 4.78 is 2.32. The molecule has 0 fully saturated rings. The number of nitrogens with zero attached hydrogens (tertiary/aromatic N) is 1. The lowest BCUT2D eigenvalue weighted by Gasteiger charge is -2.34. The van der Waals surface area contributed by atoms with E-state index in [1.165, 1.54) is 136 Å². The zero-order valence-electron chi connectivity index (χ0n) is 53.4. The van der Waals surface area contributed by atoms with Crippen molar-refractivity contribution in [3.8, 4) is 44.5 Å². The second-order valence-electron chi connectivity index (χ2n) is 23.7. The number of benzene rings is 11. The van der Waals surface area contributed by atoms with E-state index in [4.69, 9.17) is 5.73 Å². The number of aromatic nitrogens is 1. The first-order chi connectivity index (χ1) is 43.0. The maximum Gasteiger partial charge on any atom is 0.0846 e. The zero-order valence-corrected chi connectivity index (χ0v) is 53.4. The van der Waals surface area contributed by atoms with Crippen LogP contribution in [-0.2, 0) is 18.3 Å². The molecule has 11 aromatic carbocycles. The van der Waals surface area contributed by atoms with E-state index in [-0.39, 0.29) is 11.6 Å². The third-order valence-electron chi connectivity index (χ3n) is 17.8. The topological polar surface area (TPSA) is 30.9 Å². The molecule has 0 radical (unpaired) electrons. The Morgan fingerprint density at radius 2 is 0.955 bits per heavy atom. The van der Waals surface area contributed by atoms with Gasteiger partial charge in [-0.25, -0.2) is 0 Å². The Kier molecular flexibility index (Phi) is 22.0. The molecule has 2 heteroatoms. The maximum atomic E-state index is 6.68. The fourth-order valence-corrected chi connectivity index (χ4v) is 12.7. The van der Waals surface area contributed by atoms with Crippen molar-refractivity contribution in [2.75, 3.05) is 0 Å². The molecule has 0 bridgehead atoms. The van der Waals surface area contributed by atoms with Gasteiger partial charge in [0.05, 0.1) is 22.6 Å². The molecule has 1 aliphatic rings. The molecule has 2 nitrogen and oxygen atoms in total. The SMILES string of the molecule is C=C.CCC(C)C(N)n1c2ccccc2c2c(-c3ccccc3)cccc21.CCC(C)CCc1cccc(C)c1.CCCc1ccccc1-c1cc2c(cc1C)C(c1ccccc1)(c1ccccc1)c1ccccc1-2.Cc1ccc(-c2ccccc2)cc1. The molecule has 0 aliphatic heterocycles. The van der Waals surface area contributed by atoms with E-state index >= 15 is 0 Å². The van der Waals surface area contributed by atoms with Crippen LogP contribution < -0.4 is 5.73 Å². The Hall–Kier alpha value is -9.08. The second-order valence-corrected chi connectivity index (χ2v) is 23.7. The Labute approximate surface area is 527 Å². The predicted octanol–water partition coefficient (Wildman–Crippen LogP) is 23.4. The van der Waals surface area contributed by atoms with Crippen LogP contribution in [0.5, 0.6) is 0 Å². The average molecular weight is 1150 g/mol. The van der Waals surface area contributed by atoms with Crippen molar-refractivity contribution in [3.63, 3.8) is 0 Å². The number of rotatable bonds is 14. The lowest BCUT2D eigenvalue weighted by atomic mass is 9.67. The lowest BCUT2D eigenvalue weighted by molar-refractivity contribution is 0.369. The van der Waals surface area contributed by atoms with E-state index in [9.17, 15) is 0 Å². The fraction of sp³-hybridized carbons (Fsp3) is 0.209. The van der Waals surface area contributed by atoms with Gasteiger partial charge >= 0.3 is 0 Å². The van der Waals surface area contributed by atoms with E-state index in [1.54, 1.807) is 0 Å². The predicted molar refractivity (Wildman–Crippen MR) is 382 cm³/mol. The molecule has 0 saturated carbocycles. The van der Waals surface area contributed by atoms with Crippen LogP contribution in [0.15, 0.2) is 286 Å². The first-order valence-electron chi connectivity index (χ1n) is 32.0. The first kappa shape index (κ1) is 63.4. The van der Waals surface area contributed by atoms with Gasteiger partial charge in [0, 0.05) is 10.8 Å². The van der Waals surface area contributed by atoms with Crippen LogP contribution in [0.25, 0.3) is 66.3 Å². The molecular weight excluding hydrogens is 1060 g/mol. The summed E-state index contributed by atoms with van der Waals surface area (Å²) in [6.07, 6.45) is 7.13. The van der Waals surface area contributed by atoms with Gasteiger partial charge in [-0.3, -0.25) is 0 Å². The number of nitrogens with two attached hydrogens (primary N) is 1. The van der Waals surface area contributed by atoms with Crippen molar-refractivity contribution in [1.82, 2.24) is 4.57 Å². The first-order valence-corrected chi connectivity index (χ1v) is 32.0. The summed E-state index contributed by atoms with van der Waals surface area (Å²) in [6, 6.07) is 98.6. The van der Waals surface area contributed by atoms with Crippen LogP contribution in [0.1, 0.15) is 117 Å². The van der Waals surface area contributed by atoms with Crippen LogP contribution in [0.3, 0.4) is 0 Å². The quantitative estimate of drug-likeness (QED) is 0.108. The summed E-state index contributed by atoms with van der Waals surface area (Å²) >= 11 is 0. The zero-order chi connectivity index (χ0) is 62.0. The molecule has 1 aromatic heterocycles. The largest absolute Gasteiger partial charge is 0.324 e. The van der Waals surface area contributed by atoms with Gasteiger partial charge in [-0.05, 0) is 154 Å². The van der Waals surface area contributed by atoms with Gasteiger partial charge in [-0.2, -0.15) is 0 Å². The van der Waals surface area contributed by atoms with Gasteiger partial charge in [0.15, 0.2) is 0 Å². The van der Waals surface area contributed by atoms with Crippen LogP contribution in [0, 0.1) is 32.6 Å². The fourth-order valence-electron chi connectivity index (χ4n) is 12.7. The van der Waals surface area contributed by atoms with Crippen LogP contribution in [0.4, 0.5) is 0 Å². The number of hydrogen-bond donors (Lipinski definition) is 1. The van der Waals surface area contributed by atoms with Gasteiger partial charge in [0.1, 0.15) is 0 Å². The van der Waals surface area contributed by atoms with E-state index in [0.717, 1.165) is 25.2 Å². The summed E-state index contributed by atoms with van der Waals surface area (Å²) in [5, 5.41) is 2.57. The number of para-hydroxylation sites is 1. The Bertz CT molecular complexity index is 4080. The molecule has 12 aromatic rings. The minimum absolute atomic E-state index is 0.0292. The molecule has 3 atom stereocenters. The molecule has 3 unspecified atom stereocenters. The number of aryl methyl sites for hydroxylation is 5. The molecule has 1 heterocycles. The van der Waals surface area contributed by atoms with Crippen molar-refractivity contribution in [2.45, 2.75) is 105 Å². The van der Waals surface area contributed by atoms with Crippen molar-refractivity contribution >= 4 is 21.8 Å². The van der Waals surface area contributed by atoms with Gasteiger partial charge in [0.25, 0.3) is 0 Å². The third kappa shape index (κ3) is 14.0. The van der Waals surface area contributed by atoms with Crippen molar-refractivity contribution in [1.29, 1.82) is 0 Å². The van der Waals surface area contributed by atoms with E-state index < -0.39 is 0 Å². The normalized spacial score (nSPS) is 12.7. The highest BCUT2D eigenvalue weighted by atomic mass is 15.1. The van der Waals surface area contributed by atoms with Gasteiger partial charge in [-0.15, -0.1) is 13.2 Å². The second kappa shape index (κ2) is 30.5. The van der Waals surface area contributed by atoms with Crippen LogP contribution in [-0.4, -0.2) is 4.57 Å². The molecule has 2 N–H and O–H groups in total. The molecule has 13 rings (SSSR count). The van der Waals surface area contributed by atoms with Gasteiger partial charge < -0.3 is 10.3 Å². The summed E-state index contributed by atoms with van der Waals surface area (Å²) in [5.41, 5.74) is 31.6. The van der Waals surface area contributed by atoms with Gasteiger partial charge in [0.2, 0.25) is 0 Å². The molecule has 88 heavy (non-hydrogen) atoms. The van der Waals surface area contributed by atoms with Crippen molar-refractivity contribution in [2.24, 2.45) is 17.6 Å². The molecular formula is C86H90N2. The van der Waals surface area contributed by atoms with Crippen LogP contribution >= 0.6 is 0 Å². The molecule has 0 amide bonds. The lowest BCUT2D eigenvalue weighted by Crippen LogP contribution is -2.28. The smallest absolute Gasteiger partial charge is 0.0846 e. The Morgan fingerprint density at radius 1 is 0.420 bits per heavy atom. The summed E-state index contributed by atoms with van der Waals surface area (Å²) in [4.78, 5) is 0. The summed E-state index contributed by atoms with van der Waals surface area (Å²) in [6.45, 7) is 23.8. The highest BCUT2D eigenvalue weighted by molar-refractivity contribution is 6.15. The van der Waals surface area contributed by atoms with Crippen molar-refractivity contribution < 1.29 is 0 Å². The number of hydrogen-bond acceptors (Lipinski definition) is 1.